The second-order valence-electron chi connectivity index (χ2n) is 12.7. The highest BCUT2D eigenvalue weighted by molar-refractivity contribution is 6.32. The Kier molecular flexibility index (Phi) is 7.94. The summed E-state index contributed by atoms with van der Waals surface area (Å²) in [4.78, 5) is 41.6. The normalized spacial score (nSPS) is 19.2. The van der Waals surface area contributed by atoms with Gasteiger partial charge in [-0.05, 0) is 64.2 Å². The van der Waals surface area contributed by atoms with E-state index in [4.69, 9.17) is 16.3 Å². The number of benzene rings is 1. The minimum atomic E-state index is -4.94. The van der Waals surface area contributed by atoms with E-state index in [-0.39, 0.29) is 34.7 Å². The number of carbonyl (C=O) groups is 3. The van der Waals surface area contributed by atoms with Gasteiger partial charge < -0.3 is 25.0 Å². The second kappa shape index (κ2) is 11.1. The molecule has 2 N–H and O–H groups in total. The Morgan fingerprint density at radius 2 is 1.89 bits per heavy atom. The highest BCUT2D eigenvalue weighted by atomic mass is 35.5. The van der Waals surface area contributed by atoms with Gasteiger partial charge in [-0.25, -0.2) is 4.79 Å². The first kappa shape index (κ1) is 31.4. The van der Waals surface area contributed by atoms with Gasteiger partial charge in [0, 0.05) is 24.9 Å². The molecule has 2 heterocycles. The molecule has 1 saturated heterocycles. The second-order valence-corrected chi connectivity index (χ2v) is 13.1. The van der Waals surface area contributed by atoms with E-state index in [1.165, 1.54) is 23.1 Å². The average Bonchev–Trinajstić information content (AvgIpc) is 3.45. The van der Waals surface area contributed by atoms with E-state index in [0.29, 0.717) is 31.5 Å². The zero-order chi connectivity index (χ0) is 32.1. The molecule has 3 aliphatic rings. The fourth-order valence-corrected chi connectivity index (χ4v) is 5.65. The van der Waals surface area contributed by atoms with E-state index in [1.54, 1.807) is 4.90 Å². The van der Waals surface area contributed by atoms with Crippen LogP contribution in [0.2, 0.25) is 5.02 Å². The zero-order valence-corrected chi connectivity index (χ0v) is 25.0. The fourth-order valence-electron chi connectivity index (χ4n) is 5.40. The number of halogens is 4. The number of amides is 3. The molecule has 236 valence electrons. The van der Waals surface area contributed by atoms with Crippen molar-refractivity contribution in [3.8, 4) is 11.8 Å². The van der Waals surface area contributed by atoms with Crippen LogP contribution in [0, 0.1) is 16.7 Å². The molecule has 12 nitrogen and oxygen atoms in total. The van der Waals surface area contributed by atoms with Gasteiger partial charge in [-0.15, -0.1) is 18.3 Å². The first-order valence-corrected chi connectivity index (χ1v) is 14.3. The third kappa shape index (κ3) is 7.18. The van der Waals surface area contributed by atoms with Crippen molar-refractivity contribution in [2.75, 3.05) is 13.1 Å². The van der Waals surface area contributed by atoms with Crippen LogP contribution >= 0.6 is 11.6 Å². The summed E-state index contributed by atoms with van der Waals surface area (Å²) in [5.41, 5.74) is -1.33. The lowest BCUT2D eigenvalue weighted by molar-refractivity contribution is -0.274. The summed E-state index contributed by atoms with van der Waals surface area (Å²) in [6, 6.07) is 4.30. The number of likely N-dealkylation sites (tertiary alicyclic amines) is 1. The Bertz CT molecular complexity index is 1500. The Balaban J connectivity index is 1.21. The Hall–Kier alpha value is -4.06. The maximum atomic E-state index is 13.1. The van der Waals surface area contributed by atoms with Crippen molar-refractivity contribution in [2.45, 2.75) is 82.5 Å². The molecular weight excluding hydrogens is 607 g/mol. The molecule has 5 rings (SSSR count). The van der Waals surface area contributed by atoms with Gasteiger partial charge in [-0.3, -0.25) is 9.59 Å². The van der Waals surface area contributed by atoms with Gasteiger partial charge in [0.2, 0.25) is 5.91 Å². The monoisotopic (exact) mass is 637 g/mol. The number of ether oxygens (including phenoxy) is 2. The molecular formula is C28H31ClF3N7O5. The standard InChI is InChI=1S/C28H31ClF3N7O5/c1-25(2,3)44-24(42)38-14-26(15-38)10-17(11-26)39-34-12-20(37-39)22(40)35-19(23(41)36-27(13-33)6-7-27)9-16-4-5-21(18(29)8-16)43-28(30,31)32/h4-5,8,12,17,19H,6-7,9-11,14-15H2,1-3H3,(H,35,40)(H,36,41)/t19-/m0/s1. The molecule has 0 radical (unpaired) electrons. The maximum Gasteiger partial charge on any atom is 0.573 e. The third-order valence-corrected chi connectivity index (χ3v) is 8.01. The molecule has 1 aromatic heterocycles. The van der Waals surface area contributed by atoms with E-state index in [1.807, 2.05) is 26.8 Å². The number of rotatable bonds is 8. The van der Waals surface area contributed by atoms with Crippen molar-refractivity contribution < 1.29 is 37.0 Å². The number of alkyl halides is 3. The van der Waals surface area contributed by atoms with Crippen molar-refractivity contribution in [1.29, 1.82) is 5.26 Å². The molecule has 2 aliphatic carbocycles. The average molecular weight is 638 g/mol. The van der Waals surface area contributed by atoms with Crippen molar-refractivity contribution in [3.63, 3.8) is 0 Å². The molecule has 0 bridgehead atoms. The van der Waals surface area contributed by atoms with Crippen molar-refractivity contribution in [3.05, 3.63) is 40.7 Å². The summed E-state index contributed by atoms with van der Waals surface area (Å²) in [5.74, 6) is -1.95. The number of nitrogens with one attached hydrogen (secondary N) is 2. The van der Waals surface area contributed by atoms with Crippen LogP contribution in [0.4, 0.5) is 18.0 Å². The van der Waals surface area contributed by atoms with Crippen LogP contribution in [0.5, 0.6) is 5.75 Å². The lowest BCUT2D eigenvalue weighted by Crippen LogP contribution is -2.64. The van der Waals surface area contributed by atoms with Gasteiger partial charge in [-0.1, -0.05) is 17.7 Å². The van der Waals surface area contributed by atoms with E-state index in [9.17, 15) is 32.8 Å². The Morgan fingerprint density at radius 3 is 2.45 bits per heavy atom. The van der Waals surface area contributed by atoms with Crippen LogP contribution in [0.15, 0.2) is 24.4 Å². The molecule has 3 amide bonds. The number of aromatic nitrogens is 3. The van der Waals surface area contributed by atoms with Crippen LogP contribution in [0.3, 0.4) is 0 Å². The van der Waals surface area contributed by atoms with Gasteiger partial charge in [0.25, 0.3) is 5.91 Å². The van der Waals surface area contributed by atoms with E-state index < -0.39 is 41.1 Å². The molecule has 16 heteroatoms. The molecule has 1 spiro atoms. The van der Waals surface area contributed by atoms with Crippen molar-refractivity contribution >= 4 is 29.5 Å². The van der Waals surface area contributed by atoms with Crippen molar-refractivity contribution in [1.82, 2.24) is 30.5 Å². The van der Waals surface area contributed by atoms with Gasteiger partial charge in [0.05, 0.1) is 23.3 Å². The smallest absolute Gasteiger partial charge is 0.444 e. The lowest BCUT2D eigenvalue weighted by Gasteiger charge is -2.58. The van der Waals surface area contributed by atoms with E-state index in [0.717, 1.165) is 18.9 Å². The van der Waals surface area contributed by atoms with Crippen LogP contribution < -0.4 is 15.4 Å². The maximum absolute atomic E-state index is 13.1. The van der Waals surface area contributed by atoms with Crippen LogP contribution in [0.25, 0.3) is 0 Å². The summed E-state index contributed by atoms with van der Waals surface area (Å²) >= 11 is 5.97. The minimum Gasteiger partial charge on any atom is -0.444 e. The summed E-state index contributed by atoms with van der Waals surface area (Å²) in [7, 11) is 0. The molecule has 2 saturated carbocycles. The van der Waals surface area contributed by atoms with E-state index in [2.05, 4.69) is 25.6 Å². The summed E-state index contributed by atoms with van der Waals surface area (Å²) in [5, 5.41) is 22.8. The molecule has 1 atom stereocenters. The predicted molar refractivity (Wildman–Crippen MR) is 147 cm³/mol. The topological polar surface area (TPSA) is 151 Å². The van der Waals surface area contributed by atoms with Gasteiger partial charge >= 0.3 is 12.5 Å². The number of carbonyl (C=O) groups excluding carboxylic acids is 3. The van der Waals surface area contributed by atoms with Gasteiger partial charge in [-0.2, -0.15) is 15.2 Å². The fraction of sp³-hybridized carbons (Fsp3) is 0.571. The Labute approximate surface area is 255 Å². The highest BCUT2D eigenvalue weighted by Gasteiger charge is 2.55. The summed E-state index contributed by atoms with van der Waals surface area (Å²) < 4.78 is 47.2. The SMILES string of the molecule is CC(C)(C)OC(=O)N1CC2(CC(n3ncc(C(=O)N[C@@H](Cc4ccc(OC(F)(F)F)c(Cl)c4)C(=O)NC4(C#N)CC4)n3)C2)C1. The molecule has 1 aliphatic heterocycles. The van der Waals surface area contributed by atoms with Gasteiger partial charge in [0.1, 0.15) is 22.9 Å². The summed E-state index contributed by atoms with van der Waals surface area (Å²) in [6.45, 7) is 6.57. The number of nitriles is 1. The molecule has 2 aromatic rings. The molecule has 1 aromatic carbocycles. The molecule has 44 heavy (non-hydrogen) atoms. The third-order valence-electron chi connectivity index (χ3n) is 7.72. The van der Waals surface area contributed by atoms with Gasteiger partial charge in [0.15, 0.2) is 5.69 Å². The van der Waals surface area contributed by atoms with Crippen LogP contribution in [-0.2, 0) is 16.0 Å². The number of nitrogens with zero attached hydrogens (tertiary/aromatic N) is 5. The summed E-state index contributed by atoms with van der Waals surface area (Å²) in [6.07, 6.45) is -1.80. The minimum absolute atomic E-state index is 0.0394. The van der Waals surface area contributed by atoms with Crippen LogP contribution in [0.1, 0.15) is 68.5 Å². The largest absolute Gasteiger partial charge is 0.573 e. The highest BCUT2D eigenvalue weighted by Crippen LogP contribution is 2.53. The van der Waals surface area contributed by atoms with E-state index >= 15 is 0 Å². The predicted octanol–water partition coefficient (Wildman–Crippen LogP) is 3.92. The lowest BCUT2D eigenvalue weighted by atomic mass is 9.61. The first-order chi connectivity index (χ1) is 20.5. The van der Waals surface area contributed by atoms with Crippen molar-refractivity contribution in [2.24, 2.45) is 5.41 Å². The zero-order valence-electron chi connectivity index (χ0n) is 24.2. The molecule has 3 fully saturated rings. The first-order valence-electron chi connectivity index (χ1n) is 14.0. The van der Waals surface area contributed by atoms with Crippen LogP contribution in [-0.4, -0.2) is 74.4 Å². The number of hydrogen-bond acceptors (Lipinski definition) is 8. The Morgan fingerprint density at radius 1 is 1.20 bits per heavy atom. The molecule has 0 unspecified atom stereocenters. The number of hydrogen-bond donors (Lipinski definition) is 2. The quantitative estimate of drug-likeness (QED) is 0.442.